The van der Waals surface area contributed by atoms with E-state index in [1.54, 1.807) is 60.4 Å². The number of ether oxygens (including phenoxy) is 2. The van der Waals surface area contributed by atoms with E-state index in [2.05, 4.69) is 10.6 Å². The Balaban J connectivity index is 1.86. The molecule has 0 aromatic heterocycles. The maximum absolute atomic E-state index is 13.1. The molecule has 8 nitrogen and oxygen atoms in total. The molecule has 3 rings (SSSR count). The van der Waals surface area contributed by atoms with E-state index in [-0.39, 0.29) is 24.5 Å². The lowest BCUT2D eigenvalue weighted by Gasteiger charge is -2.35. The quantitative estimate of drug-likeness (QED) is 0.499. The van der Waals surface area contributed by atoms with Crippen LogP contribution < -0.4 is 15.4 Å². The maximum Gasteiger partial charge on any atom is 0.338 e. The van der Waals surface area contributed by atoms with Crippen LogP contribution in [0.3, 0.4) is 0 Å². The zero-order chi connectivity index (χ0) is 25.5. The fraction of sp³-hybridized carbons (Fsp3) is 0.370. The van der Waals surface area contributed by atoms with E-state index in [9.17, 15) is 14.4 Å². The summed E-state index contributed by atoms with van der Waals surface area (Å²) in [6, 6.07) is 13.1. The zero-order valence-electron chi connectivity index (χ0n) is 20.9. The van der Waals surface area contributed by atoms with Crippen molar-refractivity contribution in [2.45, 2.75) is 40.2 Å². The van der Waals surface area contributed by atoms with Crippen molar-refractivity contribution in [3.8, 4) is 5.75 Å². The van der Waals surface area contributed by atoms with Crippen molar-refractivity contribution in [2.24, 2.45) is 5.92 Å². The fourth-order valence-corrected chi connectivity index (χ4v) is 3.90. The van der Waals surface area contributed by atoms with Crippen molar-refractivity contribution in [1.29, 1.82) is 0 Å². The lowest BCUT2D eigenvalue weighted by atomic mass is 9.94. The van der Waals surface area contributed by atoms with Crippen molar-refractivity contribution >= 4 is 23.6 Å². The van der Waals surface area contributed by atoms with Crippen LogP contribution in [0.25, 0.3) is 0 Å². The summed E-state index contributed by atoms with van der Waals surface area (Å²) in [6.07, 6.45) is 0.754. The minimum atomic E-state index is -0.658. The van der Waals surface area contributed by atoms with Crippen LogP contribution in [-0.4, -0.2) is 43.1 Å². The first-order valence-corrected chi connectivity index (χ1v) is 11.8. The van der Waals surface area contributed by atoms with Crippen molar-refractivity contribution in [3.63, 3.8) is 0 Å². The highest BCUT2D eigenvalue weighted by Crippen LogP contribution is 2.32. The molecule has 186 valence electrons. The molecule has 35 heavy (non-hydrogen) atoms. The Kier molecular flexibility index (Phi) is 8.52. The first-order chi connectivity index (χ1) is 16.8. The van der Waals surface area contributed by atoms with Gasteiger partial charge in [0.2, 0.25) is 0 Å². The smallest absolute Gasteiger partial charge is 0.338 e. The van der Waals surface area contributed by atoms with E-state index in [0.717, 1.165) is 6.42 Å². The van der Waals surface area contributed by atoms with Gasteiger partial charge in [-0.3, -0.25) is 9.69 Å². The summed E-state index contributed by atoms with van der Waals surface area (Å²) in [7, 11) is 1.51. The summed E-state index contributed by atoms with van der Waals surface area (Å²) in [5.41, 5.74) is 2.69. The summed E-state index contributed by atoms with van der Waals surface area (Å²) in [4.78, 5) is 40.1. The second-order valence-corrected chi connectivity index (χ2v) is 8.80. The average Bonchev–Trinajstić information content (AvgIpc) is 2.85. The Bertz CT molecular complexity index is 1110. The number of para-hydroxylation sites is 1. The number of urea groups is 1. The number of anilines is 1. The number of methoxy groups -OCH3 is 1. The minimum absolute atomic E-state index is 0.189. The highest BCUT2D eigenvalue weighted by molar-refractivity contribution is 6.06. The third kappa shape index (κ3) is 6.01. The molecule has 3 amide bonds. The third-order valence-electron chi connectivity index (χ3n) is 5.66. The monoisotopic (exact) mass is 479 g/mol. The van der Waals surface area contributed by atoms with Gasteiger partial charge in [0.05, 0.1) is 30.9 Å². The van der Waals surface area contributed by atoms with Crippen LogP contribution in [0.15, 0.2) is 59.8 Å². The summed E-state index contributed by atoms with van der Waals surface area (Å²) >= 11 is 0. The van der Waals surface area contributed by atoms with Gasteiger partial charge < -0.3 is 20.1 Å². The Morgan fingerprint density at radius 3 is 2.43 bits per heavy atom. The van der Waals surface area contributed by atoms with Gasteiger partial charge >= 0.3 is 12.0 Å². The minimum Gasteiger partial charge on any atom is -0.496 e. The molecule has 1 heterocycles. The van der Waals surface area contributed by atoms with Gasteiger partial charge in [0.15, 0.2) is 0 Å². The molecule has 1 unspecified atom stereocenters. The molecule has 1 aliphatic rings. The van der Waals surface area contributed by atoms with Crippen LogP contribution in [0, 0.1) is 5.92 Å². The molecule has 2 aromatic rings. The fourth-order valence-electron chi connectivity index (χ4n) is 3.90. The molecule has 2 N–H and O–H groups in total. The topological polar surface area (TPSA) is 97.0 Å². The van der Waals surface area contributed by atoms with E-state index in [4.69, 9.17) is 9.47 Å². The van der Waals surface area contributed by atoms with Crippen molar-refractivity contribution in [1.82, 2.24) is 10.2 Å². The Morgan fingerprint density at radius 1 is 1.11 bits per heavy atom. The van der Waals surface area contributed by atoms with E-state index in [0.29, 0.717) is 40.4 Å². The summed E-state index contributed by atoms with van der Waals surface area (Å²) < 4.78 is 10.8. The number of nitrogens with zero attached hydrogens (tertiary/aromatic N) is 1. The number of esters is 1. The predicted molar refractivity (Wildman–Crippen MR) is 134 cm³/mol. The van der Waals surface area contributed by atoms with Gasteiger partial charge in [-0.25, -0.2) is 9.59 Å². The molecule has 0 radical (unpaired) electrons. The highest BCUT2D eigenvalue weighted by atomic mass is 16.5. The number of hydrogen-bond acceptors (Lipinski definition) is 5. The van der Waals surface area contributed by atoms with Gasteiger partial charge in [-0.1, -0.05) is 45.0 Å². The van der Waals surface area contributed by atoms with Crippen LogP contribution in [0.5, 0.6) is 5.75 Å². The largest absolute Gasteiger partial charge is 0.496 e. The molecule has 0 saturated heterocycles. The number of carbonyl (C=O) groups excluding carboxylic acids is 3. The Labute approximate surface area is 206 Å². The van der Waals surface area contributed by atoms with Crippen LogP contribution in [-0.2, 0) is 9.53 Å². The summed E-state index contributed by atoms with van der Waals surface area (Å²) in [5, 5.41) is 5.80. The number of hydrogen-bond donors (Lipinski definition) is 2. The highest BCUT2D eigenvalue weighted by Gasteiger charge is 2.36. The van der Waals surface area contributed by atoms with Crippen molar-refractivity contribution in [2.75, 3.05) is 25.6 Å². The molecule has 1 aliphatic heterocycles. The molecule has 2 aromatic carbocycles. The molecule has 0 bridgehead atoms. The molecule has 0 aliphatic carbocycles. The number of benzene rings is 2. The van der Waals surface area contributed by atoms with E-state index in [1.807, 2.05) is 20.8 Å². The van der Waals surface area contributed by atoms with Gasteiger partial charge in [0.25, 0.3) is 5.91 Å². The molecular formula is C27H33N3O5. The molecule has 8 heteroatoms. The SMILES string of the molecule is CCCN1C(=O)NC(c2ccc(NC(=O)c3ccccc3OC)cc2)C(C(=O)OCC(C)C)=C1C. The van der Waals surface area contributed by atoms with Crippen molar-refractivity contribution in [3.05, 3.63) is 70.9 Å². The number of amides is 3. The molecular weight excluding hydrogens is 446 g/mol. The number of allylic oxidation sites excluding steroid dienone is 1. The van der Waals surface area contributed by atoms with Gasteiger partial charge in [0, 0.05) is 17.9 Å². The Hall–Kier alpha value is -3.81. The number of carbonyl (C=O) groups is 3. The van der Waals surface area contributed by atoms with Crippen LogP contribution in [0.2, 0.25) is 0 Å². The van der Waals surface area contributed by atoms with Crippen LogP contribution >= 0.6 is 0 Å². The number of nitrogens with one attached hydrogen (secondary N) is 2. The predicted octanol–water partition coefficient (Wildman–Crippen LogP) is 4.90. The lowest BCUT2D eigenvalue weighted by Crippen LogP contribution is -2.48. The third-order valence-corrected chi connectivity index (χ3v) is 5.66. The van der Waals surface area contributed by atoms with Gasteiger partial charge in [-0.2, -0.15) is 0 Å². The zero-order valence-corrected chi connectivity index (χ0v) is 20.9. The maximum atomic E-state index is 13.1. The second kappa shape index (κ2) is 11.6. The summed E-state index contributed by atoms with van der Waals surface area (Å²) in [5.74, 6) is -0.0800. The standard InChI is InChI=1S/C27H33N3O5/c1-6-15-30-18(4)23(26(32)35-16-17(2)3)24(29-27(30)33)19-11-13-20(14-12-19)28-25(31)21-9-7-8-10-22(21)34-5/h7-14,17,24H,6,15-16H2,1-5H3,(H,28,31)(H,29,33). The first kappa shape index (κ1) is 25.8. The Morgan fingerprint density at radius 2 is 1.80 bits per heavy atom. The van der Waals surface area contributed by atoms with Gasteiger partial charge in [-0.05, 0) is 49.1 Å². The number of rotatable bonds is 9. The first-order valence-electron chi connectivity index (χ1n) is 11.8. The van der Waals surface area contributed by atoms with E-state index in [1.165, 1.54) is 7.11 Å². The second-order valence-electron chi connectivity index (χ2n) is 8.80. The van der Waals surface area contributed by atoms with Crippen molar-refractivity contribution < 1.29 is 23.9 Å². The van der Waals surface area contributed by atoms with Gasteiger partial charge in [0.1, 0.15) is 5.75 Å². The van der Waals surface area contributed by atoms with E-state index >= 15 is 0 Å². The summed E-state index contributed by atoms with van der Waals surface area (Å²) in [6.45, 7) is 8.47. The molecule has 0 saturated carbocycles. The molecule has 0 spiro atoms. The van der Waals surface area contributed by atoms with Crippen LogP contribution in [0.1, 0.15) is 56.1 Å². The normalized spacial score (nSPS) is 15.7. The average molecular weight is 480 g/mol. The molecule has 0 fully saturated rings. The lowest BCUT2D eigenvalue weighted by molar-refractivity contribution is -0.140. The van der Waals surface area contributed by atoms with Crippen LogP contribution in [0.4, 0.5) is 10.5 Å². The molecule has 1 atom stereocenters. The van der Waals surface area contributed by atoms with E-state index < -0.39 is 12.0 Å². The van der Waals surface area contributed by atoms with Gasteiger partial charge in [-0.15, -0.1) is 0 Å².